The minimum Gasteiger partial charge on any atom is -0.324 e. The molecule has 1 aromatic carbocycles. The maximum absolute atomic E-state index is 13.5. The molecule has 0 amide bonds. The average Bonchev–Trinajstić information content (AvgIpc) is 2.68. The summed E-state index contributed by atoms with van der Waals surface area (Å²) in [6, 6.07) is 3.30. The van der Waals surface area contributed by atoms with E-state index < -0.39 is 5.82 Å². The highest BCUT2D eigenvalue weighted by molar-refractivity contribution is 7.98. The van der Waals surface area contributed by atoms with Crippen molar-refractivity contribution >= 4 is 46.0 Å². The summed E-state index contributed by atoms with van der Waals surface area (Å²) in [6.07, 6.45) is 2.72. The van der Waals surface area contributed by atoms with E-state index in [2.05, 4.69) is 22.7 Å². The Morgan fingerprint density at radius 3 is 2.84 bits per heavy atom. The van der Waals surface area contributed by atoms with Gasteiger partial charge < -0.3 is 4.57 Å². The lowest BCUT2D eigenvalue weighted by Crippen LogP contribution is -2.12. The first-order chi connectivity index (χ1) is 9.08. The molecule has 0 saturated carbocycles. The van der Waals surface area contributed by atoms with Gasteiger partial charge >= 0.3 is 0 Å². The summed E-state index contributed by atoms with van der Waals surface area (Å²) in [5.41, 5.74) is 1.50. The predicted octanol–water partition coefficient (Wildman–Crippen LogP) is 4.53. The van der Waals surface area contributed by atoms with Gasteiger partial charge in [-0.1, -0.05) is 11.6 Å². The van der Waals surface area contributed by atoms with Crippen molar-refractivity contribution < 1.29 is 4.39 Å². The van der Waals surface area contributed by atoms with Gasteiger partial charge in [0.05, 0.1) is 16.1 Å². The molecule has 1 atom stereocenters. The molecule has 2 rings (SSSR count). The number of imidazole rings is 1. The first kappa shape index (κ1) is 14.9. The second kappa shape index (κ2) is 6.33. The number of rotatable bonds is 5. The third-order valence-corrected chi connectivity index (χ3v) is 4.27. The number of hydrogen-bond acceptors (Lipinski definition) is 2. The number of benzene rings is 1. The molecule has 0 aliphatic carbocycles. The topological polar surface area (TPSA) is 17.8 Å². The van der Waals surface area contributed by atoms with E-state index in [9.17, 15) is 4.39 Å². The summed E-state index contributed by atoms with van der Waals surface area (Å²) in [4.78, 5) is 4.48. The Balaban J connectivity index is 2.61. The quantitative estimate of drug-likeness (QED) is 0.753. The highest BCUT2D eigenvalue weighted by atomic mass is 35.5. The van der Waals surface area contributed by atoms with Crippen molar-refractivity contribution in [2.75, 3.05) is 17.9 Å². The average molecular weight is 321 g/mol. The standard InChI is InChI=1S/C13H15Cl2FN2S/c1-8(7-19-2)18-12-5-9(15)10(16)6-11(12)17-13(18)3-4-14/h5-6,8H,3-4,7H2,1-2H3. The van der Waals surface area contributed by atoms with Crippen molar-refractivity contribution in [2.24, 2.45) is 0 Å². The Labute approximate surface area is 126 Å². The zero-order chi connectivity index (χ0) is 14.0. The number of thioether (sulfide) groups is 1. The van der Waals surface area contributed by atoms with Crippen LogP contribution in [0, 0.1) is 5.82 Å². The van der Waals surface area contributed by atoms with Gasteiger partial charge in [-0.05, 0) is 19.2 Å². The largest absolute Gasteiger partial charge is 0.324 e. The molecule has 0 radical (unpaired) electrons. The minimum absolute atomic E-state index is 0.127. The Morgan fingerprint density at radius 2 is 2.21 bits per heavy atom. The van der Waals surface area contributed by atoms with Crippen LogP contribution in [-0.4, -0.2) is 27.4 Å². The summed E-state index contributed by atoms with van der Waals surface area (Å²) in [7, 11) is 0. The molecule has 19 heavy (non-hydrogen) atoms. The SMILES string of the molecule is CSCC(C)n1c(CCCl)nc2cc(F)c(Cl)cc21. The lowest BCUT2D eigenvalue weighted by atomic mass is 10.2. The molecule has 0 N–H and O–H groups in total. The van der Waals surface area contributed by atoms with Crippen LogP contribution in [0.5, 0.6) is 0 Å². The van der Waals surface area contributed by atoms with Gasteiger partial charge in [-0.15, -0.1) is 11.6 Å². The number of fused-ring (bicyclic) bond motifs is 1. The van der Waals surface area contributed by atoms with Gasteiger partial charge in [0.15, 0.2) is 0 Å². The number of aryl methyl sites for hydroxylation is 1. The van der Waals surface area contributed by atoms with E-state index in [0.29, 0.717) is 17.8 Å². The van der Waals surface area contributed by atoms with E-state index >= 15 is 0 Å². The summed E-state index contributed by atoms with van der Waals surface area (Å²) in [5.74, 6) is 1.89. The third-order valence-electron chi connectivity index (χ3n) is 2.97. The Kier molecular flexibility index (Phi) is 4.98. The number of nitrogens with zero attached hydrogens (tertiary/aromatic N) is 2. The lowest BCUT2D eigenvalue weighted by Gasteiger charge is -2.16. The molecule has 0 aliphatic rings. The van der Waals surface area contributed by atoms with E-state index in [-0.39, 0.29) is 11.1 Å². The number of hydrogen-bond donors (Lipinski definition) is 0. The van der Waals surface area contributed by atoms with Crippen molar-refractivity contribution in [3.8, 4) is 0 Å². The molecule has 0 aliphatic heterocycles. The second-order valence-corrected chi connectivity index (χ2v) is 6.09. The highest BCUT2D eigenvalue weighted by Gasteiger charge is 2.17. The molecule has 1 aromatic heterocycles. The van der Waals surface area contributed by atoms with Crippen LogP contribution >= 0.6 is 35.0 Å². The zero-order valence-electron chi connectivity index (χ0n) is 10.8. The maximum atomic E-state index is 13.5. The summed E-state index contributed by atoms with van der Waals surface area (Å²) in [5, 5.41) is 0.127. The van der Waals surface area contributed by atoms with Gasteiger partial charge in [0.2, 0.25) is 0 Å². The van der Waals surface area contributed by atoms with Crippen LogP contribution < -0.4 is 0 Å². The molecule has 1 unspecified atom stereocenters. The van der Waals surface area contributed by atoms with Crippen LogP contribution in [0.3, 0.4) is 0 Å². The van der Waals surface area contributed by atoms with Gasteiger partial charge in [0, 0.05) is 30.2 Å². The van der Waals surface area contributed by atoms with E-state index in [1.165, 1.54) is 6.07 Å². The fourth-order valence-corrected chi connectivity index (χ4v) is 3.17. The summed E-state index contributed by atoms with van der Waals surface area (Å²) in [6.45, 7) is 2.12. The van der Waals surface area contributed by atoms with Gasteiger partial charge in [-0.25, -0.2) is 9.37 Å². The summed E-state index contributed by atoms with van der Waals surface area (Å²) >= 11 is 13.5. The van der Waals surface area contributed by atoms with Gasteiger partial charge in [0.25, 0.3) is 0 Å². The molecule has 104 valence electrons. The molecule has 0 fully saturated rings. The zero-order valence-corrected chi connectivity index (χ0v) is 13.1. The van der Waals surface area contributed by atoms with Crippen molar-refractivity contribution in [3.05, 3.63) is 28.8 Å². The van der Waals surface area contributed by atoms with Gasteiger partial charge in [0.1, 0.15) is 11.6 Å². The van der Waals surface area contributed by atoms with Crippen molar-refractivity contribution in [3.63, 3.8) is 0 Å². The first-order valence-electron chi connectivity index (χ1n) is 5.99. The smallest absolute Gasteiger partial charge is 0.144 e. The fourth-order valence-electron chi connectivity index (χ4n) is 2.21. The van der Waals surface area contributed by atoms with E-state index in [1.54, 1.807) is 17.8 Å². The fraction of sp³-hybridized carbons (Fsp3) is 0.462. The monoisotopic (exact) mass is 320 g/mol. The van der Waals surface area contributed by atoms with Crippen LogP contribution in [0.4, 0.5) is 4.39 Å². The lowest BCUT2D eigenvalue weighted by molar-refractivity contribution is 0.597. The Morgan fingerprint density at radius 1 is 1.47 bits per heavy atom. The summed E-state index contributed by atoms with van der Waals surface area (Å²) < 4.78 is 15.6. The van der Waals surface area contributed by atoms with E-state index in [0.717, 1.165) is 17.1 Å². The second-order valence-electron chi connectivity index (χ2n) is 4.40. The van der Waals surface area contributed by atoms with Crippen LogP contribution in [-0.2, 0) is 6.42 Å². The van der Waals surface area contributed by atoms with Crippen molar-refractivity contribution in [1.29, 1.82) is 0 Å². The first-order valence-corrected chi connectivity index (χ1v) is 8.29. The Bertz CT molecular complexity index is 586. The highest BCUT2D eigenvalue weighted by Crippen LogP contribution is 2.28. The number of aromatic nitrogens is 2. The maximum Gasteiger partial charge on any atom is 0.144 e. The number of alkyl halides is 1. The van der Waals surface area contributed by atoms with Gasteiger partial charge in [-0.3, -0.25) is 0 Å². The van der Waals surface area contributed by atoms with Crippen molar-refractivity contribution in [1.82, 2.24) is 9.55 Å². The van der Waals surface area contributed by atoms with Crippen molar-refractivity contribution in [2.45, 2.75) is 19.4 Å². The molecule has 2 nitrogen and oxygen atoms in total. The van der Waals surface area contributed by atoms with Crippen LogP contribution in [0.1, 0.15) is 18.8 Å². The molecule has 2 aromatic rings. The number of halogens is 3. The molecule has 0 bridgehead atoms. The molecular weight excluding hydrogens is 306 g/mol. The predicted molar refractivity (Wildman–Crippen MR) is 82.2 cm³/mol. The van der Waals surface area contributed by atoms with Gasteiger partial charge in [-0.2, -0.15) is 11.8 Å². The normalized spacial score (nSPS) is 13.1. The molecule has 0 saturated heterocycles. The molecular formula is C13H15Cl2FN2S. The third kappa shape index (κ3) is 3.01. The molecule has 1 heterocycles. The van der Waals surface area contributed by atoms with Crippen LogP contribution in [0.2, 0.25) is 5.02 Å². The minimum atomic E-state index is -0.436. The van der Waals surface area contributed by atoms with Crippen LogP contribution in [0.25, 0.3) is 11.0 Å². The van der Waals surface area contributed by atoms with E-state index in [4.69, 9.17) is 23.2 Å². The van der Waals surface area contributed by atoms with Crippen LogP contribution in [0.15, 0.2) is 12.1 Å². The molecule has 6 heteroatoms. The Hall–Kier alpha value is -0.450. The van der Waals surface area contributed by atoms with E-state index in [1.807, 2.05) is 0 Å². The molecule has 0 spiro atoms.